The number of rotatable bonds is 6. The van der Waals surface area contributed by atoms with Crippen molar-refractivity contribution in [3.05, 3.63) is 34.5 Å². The molecule has 0 spiro atoms. The SMILES string of the molecule is CCOC(=O)Cn1c(=NC(=O)c2cc(C)on2)sc2cc(OC)c(OC)cc21. The van der Waals surface area contributed by atoms with Crippen LogP contribution in [0, 0.1) is 6.92 Å². The summed E-state index contributed by atoms with van der Waals surface area (Å²) in [5, 5.41) is 3.69. The fraction of sp³-hybridized carbons (Fsp3) is 0.333. The lowest BCUT2D eigenvalue weighted by molar-refractivity contribution is -0.143. The van der Waals surface area contributed by atoms with Gasteiger partial charge in [-0.25, -0.2) is 0 Å². The Morgan fingerprint density at radius 1 is 1.21 bits per heavy atom. The van der Waals surface area contributed by atoms with E-state index in [4.69, 9.17) is 18.7 Å². The second-order valence-electron chi connectivity index (χ2n) is 5.69. The number of aromatic nitrogens is 2. The molecular formula is C18H19N3O6S. The van der Waals surface area contributed by atoms with E-state index in [0.717, 1.165) is 4.70 Å². The molecule has 0 atom stereocenters. The maximum absolute atomic E-state index is 12.5. The molecule has 0 N–H and O–H groups in total. The molecule has 0 aliphatic rings. The van der Waals surface area contributed by atoms with Crippen LogP contribution in [0.5, 0.6) is 11.5 Å². The number of carbonyl (C=O) groups excluding carboxylic acids is 2. The van der Waals surface area contributed by atoms with Crippen LogP contribution < -0.4 is 14.3 Å². The van der Waals surface area contributed by atoms with Crippen molar-refractivity contribution in [1.29, 1.82) is 0 Å². The Hall–Kier alpha value is -3.14. The Balaban J connectivity index is 2.17. The van der Waals surface area contributed by atoms with Crippen molar-refractivity contribution in [2.24, 2.45) is 4.99 Å². The van der Waals surface area contributed by atoms with Crippen LogP contribution in [0.25, 0.3) is 10.2 Å². The quantitative estimate of drug-likeness (QED) is 0.580. The summed E-state index contributed by atoms with van der Waals surface area (Å²) in [7, 11) is 3.05. The maximum atomic E-state index is 12.5. The number of benzene rings is 1. The Morgan fingerprint density at radius 3 is 2.54 bits per heavy atom. The standard InChI is InChI=1S/C18H19N3O6S/c1-5-26-16(22)9-21-12-7-13(24-3)14(25-4)8-15(12)28-18(21)19-17(23)11-6-10(2)27-20-11/h6-8H,5,9H2,1-4H3. The van der Waals surface area contributed by atoms with Crippen molar-refractivity contribution in [1.82, 2.24) is 9.72 Å². The lowest BCUT2D eigenvalue weighted by atomic mass is 10.3. The number of fused-ring (bicyclic) bond motifs is 1. The van der Waals surface area contributed by atoms with Gasteiger partial charge in [-0.1, -0.05) is 16.5 Å². The van der Waals surface area contributed by atoms with Crippen molar-refractivity contribution < 1.29 is 28.3 Å². The van der Waals surface area contributed by atoms with E-state index in [0.29, 0.717) is 27.6 Å². The average molecular weight is 405 g/mol. The van der Waals surface area contributed by atoms with Gasteiger partial charge in [0.05, 0.1) is 31.0 Å². The van der Waals surface area contributed by atoms with Gasteiger partial charge in [0.2, 0.25) is 0 Å². The highest BCUT2D eigenvalue weighted by molar-refractivity contribution is 7.16. The molecule has 1 aromatic carbocycles. The summed E-state index contributed by atoms with van der Waals surface area (Å²) in [5.74, 6) is 0.520. The second-order valence-corrected chi connectivity index (χ2v) is 6.70. The Bertz CT molecular complexity index is 1090. The van der Waals surface area contributed by atoms with Crippen LogP contribution >= 0.6 is 11.3 Å². The van der Waals surface area contributed by atoms with Gasteiger partial charge in [-0.3, -0.25) is 9.59 Å². The molecule has 2 aromatic heterocycles. The molecule has 9 nitrogen and oxygen atoms in total. The van der Waals surface area contributed by atoms with Gasteiger partial charge in [0.1, 0.15) is 12.3 Å². The molecule has 0 saturated carbocycles. The fourth-order valence-electron chi connectivity index (χ4n) is 2.58. The van der Waals surface area contributed by atoms with Gasteiger partial charge in [-0.15, -0.1) is 0 Å². The molecule has 0 saturated heterocycles. The summed E-state index contributed by atoms with van der Waals surface area (Å²) in [6, 6.07) is 5.00. The third kappa shape index (κ3) is 3.91. The minimum Gasteiger partial charge on any atom is -0.493 e. The molecule has 0 unspecified atom stereocenters. The summed E-state index contributed by atoms with van der Waals surface area (Å²) >= 11 is 1.24. The number of nitrogens with zero attached hydrogens (tertiary/aromatic N) is 3. The first kappa shape index (κ1) is 19.6. The third-order valence-corrected chi connectivity index (χ3v) is 4.87. The molecule has 3 rings (SSSR count). The predicted octanol–water partition coefficient (Wildman–Crippen LogP) is 2.32. The molecule has 1 amide bonds. The molecule has 10 heteroatoms. The van der Waals surface area contributed by atoms with Gasteiger partial charge in [-0.05, 0) is 13.8 Å². The highest BCUT2D eigenvalue weighted by Crippen LogP contribution is 2.33. The predicted molar refractivity (Wildman–Crippen MR) is 101 cm³/mol. The van der Waals surface area contributed by atoms with E-state index in [9.17, 15) is 9.59 Å². The Kier molecular flexibility index (Phi) is 5.78. The number of hydrogen-bond acceptors (Lipinski definition) is 8. The third-order valence-electron chi connectivity index (χ3n) is 3.82. The average Bonchev–Trinajstić information content (AvgIpc) is 3.24. The van der Waals surface area contributed by atoms with Gasteiger partial charge in [0, 0.05) is 18.2 Å². The van der Waals surface area contributed by atoms with Gasteiger partial charge in [0.15, 0.2) is 22.0 Å². The summed E-state index contributed by atoms with van der Waals surface area (Å²) in [5.41, 5.74) is 0.756. The lowest BCUT2D eigenvalue weighted by Gasteiger charge is -2.09. The van der Waals surface area contributed by atoms with E-state index >= 15 is 0 Å². The number of methoxy groups -OCH3 is 2. The largest absolute Gasteiger partial charge is 0.493 e. The second kappa shape index (κ2) is 8.26. The zero-order valence-corrected chi connectivity index (χ0v) is 16.7. The number of esters is 1. The van der Waals surface area contributed by atoms with Crippen molar-refractivity contribution in [3.63, 3.8) is 0 Å². The molecule has 0 aliphatic carbocycles. The van der Waals surface area contributed by atoms with Crippen LogP contribution in [-0.4, -0.2) is 42.4 Å². The zero-order chi connectivity index (χ0) is 20.3. The Labute approximate surface area is 164 Å². The highest BCUT2D eigenvalue weighted by atomic mass is 32.1. The molecular weight excluding hydrogens is 386 g/mol. The smallest absolute Gasteiger partial charge is 0.326 e. The molecule has 0 fully saturated rings. The number of carbonyl (C=O) groups is 2. The van der Waals surface area contributed by atoms with E-state index in [-0.39, 0.29) is 18.8 Å². The van der Waals surface area contributed by atoms with E-state index < -0.39 is 11.9 Å². The molecule has 28 heavy (non-hydrogen) atoms. The van der Waals surface area contributed by atoms with Crippen LogP contribution in [0.15, 0.2) is 27.7 Å². The van der Waals surface area contributed by atoms with Crippen molar-refractivity contribution >= 4 is 33.4 Å². The summed E-state index contributed by atoms with van der Waals surface area (Å²) < 4.78 is 23.0. The normalized spacial score (nSPS) is 11.6. The van der Waals surface area contributed by atoms with Gasteiger partial charge >= 0.3 is 11.9 Å². The van der Waals surface area contributed by atoms with E-state index in [1.165, 1.54) is 31.6 Å². The number of hydrogen-bond donors (Lipinski definition) is 0. The van der Waals surface area contributed by atoms with Crippen molar-refractivity contribution in [2.75, 3.05) is 20.8 Å². The van der Waals surface area contributed by atoms with Crippen LogP contribution in [0.1, 0.15) is 23.2 Å². The first-order valence-corrected chi connectivity index (χ1v) is 9.21. The van der Waals surface area contributed by atoms with Gasteiger partial charge < -0.3 is 23.3 Å². The lowest BCUT2D eigenvalue weighted by Crippen LogP contribution is -2.23. The first-order valence-electron chi connectivity index (χ1n) is 8.40. The van der Waals surface area contributed by atoms with Crippen LogP contribution in [0.3, 0.4) is 0 Å². The minimum absolute atomic E-state index is 0.0906. The zero-order valence-electron chi connectivity index (χ0n) is 15.8. The Morgan fingerprint density at radius 2 is 1.93 bits per heavy atom. The topological polar surface area (TPSA) is 105 Å². The minimum atomic E-state index is -0.569. The van der Waals surface area contributed by atoms with E-state index in [1.807, 2.05) is 0 Å². The van der Waals surface area contributed by atoms with E-state index in [2.05, 4.69) is 10.1 Å². The molecule has 0 aliphatic heterocycles. The molecule has 0 radical (unpaired) electrons. The summed E-state index contributed by atoms with van der Waals surface area (Å²) in [6.45, 7) is 3.56. The van der Waals surface area contributed by atoms with Crippen LogP contribution in [0.2, 0.25) is 0 Å². The molecule has 0 bridgehead atoms. The summed E-state index contributed by atoms with van der Waals surface area (Å²) in [6.07, 6.45) is 0. The fourth-order valence-corrected chi connectivity index (χ4v) is 3.62. The number of aryl methyl sites for hydroxylation is 1. The number of amides is 1. The molecule has 148 valence electrons. The number of thiazole rings is 1. The first-order chi connectivity index (χ1) is 13.5. The monoisotopic (exact) mass is 405 g/mol. The summed E-state index contributed by atoms with van der Waals surface area (Å²) in [4.78, 5) is 29.0. The van der Waals surface area contributed by atoms with Crippen molar-refractivity contribution in [2.45, 2.75) is 20.4 Å². The van der Waals surface area contributed by atoms with Crippen LogP contribution in [-0.2, 0) is 16.1 Å². The van der Waals surface area contributed by atoms with Gasteiger partial charge in [0.25, 0.3) is 0 Å². The molecule has 3 aromatic rings. The highest BCUT2D eigenvalue weighted by Gasteiger charge is 2.17. The van der Waals surface area contributed by atoms with Crippen molar-refractivity contribution in [3.8, 4) is 11.5 Å². The molecule has 2 heterocycles. The van der Waals surface area contributed by atoms with Crippen LogP contribution in [0.4, 0.5) is 0 Å². The van der Waals surface area contributed by atoms with E-state index in [1.54, 1.807) is 30.5 Å². The number of ether oxygens (including phenoxy) is 3. The maximum Gasteiger partial charge on any atom is 0.326 e. The van der Waals surface area contributed by atoms with Gasteiger partial charge in [-0.2, -0.15) is 4.99 Å².